The molecule has 0 aromatic carbocycles. The van der Waals surface area contributed by atoms with Gasteiger partial charge in [0, 0.05) is 33.1 Å². The molecule has 1 aromatic rings. The van der Waals surface area contributed by atoms with Gasteiger partial charge in [-0.2, -0.15) is 5.10 Å². The van der Waals surface area contributed by atoms with Crippen molar-refractivity contribution in [2.45, 2.75) is 45.4 Å². The second-order valence-electron chi connectivity index (χ2n) is 6.09. The molecule has 0 bridgehead atoms. The quantitative estimate of drug-likeness (QED) is 0.806. The highest BCUT2D eigenvalue weighted by atomic mass is 16.3. The third-order valence-electron chi connectivity index (χ3n) is 4.36. The fourth-order valence-corrected chi connectivity index (χ4v) is 3.14. The van der Waals surface area contributed by atoms with Crippen LogP contribution >= 0.6 is 0 Å². The van der Waals surface area contributed by atoms with Gasteiger partial charge < -0.3 is 14.9 Å². The zero-order valence-electron chi connectivity index (χ0n) is 12.9. The number of rotatable bonds is 1. The molecule has 1 N–H and O–H groups in total. The molecular formula is C15H22N4O3. The van der Waals surface area contributed by atoms with Crippen LogP contribution in [0, 0.1) is 0 Å². The number of aliphatic hydroxyl groups excluding tert-OH is 1. The number of amides is 2. The number of carbonyl (C=O) groups excluding carboxylic acids is 2. The lowest BCUT2D eigenvalue weighted by atomic mass is 10.1. The molecule has 2 amide bonds. The van der Waals surface area contributed by atoms with E-state index in [1.54, 1.807) is 22.8 Å². The third-order valence-corrected chi connectivity index (χ3v) is 4.36. The lowest BCUT2D eigenvalue weighted by Gasteiger charge is -2.29. The molecule has 1 unspecified atom stereocenters. The number of aromatic nitrogens is 2. The second-order valence-corrected chi connectivity index (χ2v) is 6.09. The molecule has 0 aliphatic carbocycles. The number of nitrogens with zero attached hydrogens (tertiary/aromatic N) is 4. The van der Waals surface area contributed by atoms with Crippen LogP contribution in [0.2, 0.25) is 0 Å². The van der Waals surface area contributed by atoms with Crippen molar-refractivity contribution in [2.75, 3.05) is 19.6 Å². The first-order valence-electron chi connectivity index (χ1n) is 7.84. The van der Waals surface area contributed by atoms with Gasteiger partial charge in [-0.3, -0.25) is 14.3 Å². The van der Waals surface area contributed by atoms with E-state index in [0.717, 1.165) is 38.0 Å². The molecule has 1 aromatic heterocycles. The van der Waals surface area contributed by atoms with Crippen LogP contribution in [0.3, 0.4) is 0 Å². The van der Waals surface area contributed by atoms with Crippen molar-refractivity contribution < 1.29 is 14.7 Å². The number of aryl methyl sites for hydroxylation is 1. The molecular weight excluding hydrogens is 284 g/mol. The molecule has 1 fully saturated rings. The first-order valence-corrected chi connectivity index (χ1v) is 7.84. The summed E-state index contributed by atoms with van der Waals surface area (Å²) in [6.07, 6.45) is 1.96. The van der Waals surface area contributed by atoms with E-state index in [2.05, 4.69) is 5.10 Å². The summed E-state index contributed by atoms with van der Waals surface area (Å²) in [7, 11) is 0. The summed E-state index contributed by atoms with van der Waals surface area (Å²) < 4.78 is 1.83. The Balaban J connectivity index is 1.77. The van der Waals surface area contributed by atoms with E-state index in [1.807, 2.05) is 4.68 Å². The smallest absolute Gasteiger partial charge is 0.274 e. The minimum Gasteiger partial charge on any atom is -0.391 e. The maximum Gasteiger partial charge on any atom is 0.274 e. The number of piperidine rings is 1. The number of likely N-dealkylation sites (tertiary alicyclic amines) is 1. The van der Waals surface area contributed by atoms with Crippen LogP contribution in [0.5, 0.6) is 0 Å². The summed E-state index contributed by atoms with van der Waals surface area (Å²) in [5.41, 5.74) is 1.31. The third kappa shape index (κ3) is 2.99. The number of hydrogen-bond donors (Lipinski definition) is 1. The maximum atomic E-state index is 12.5. The SMILES string of the molecule is CC(=O)N1CCCn2nc(C(=O)N3CCCC(O)C3)cc2C1. The molecule has 120 valence electrons. The fourth-order valence-electron chi connectivity index (χ4n) is 3.14. The van der Waals surface area contributed by atoms with Gasteiger partial charge in [0.05, 0.1) is 18.3 Å². The zero-order valence-corrected chi connectivity index (χ0v) is 12.9. The summed E-state index contributed by atoms with van der Waals surface area (Å²) >= 11 is 0. The van der Waals surface area contributed by atoms with Crippen LogP contribution < -0.4 is 0 Å². The molecule has 22 heavy (non-hydrogen) atoms. The normalized spacial score (nSPS) is 22.2. The van der Waals surface area contributed by atoms with Crippen LogP contribution in [-0.2, 0) is 17.9 Å². The van der Waals surface area contributed by atoms with Gasteiger partial charge in [-0.05, 0) is 25.3 Å². The van der Waals surface area contributed by atoms with Gasteiger partial charge in [-0.15, -0.1) is 0 Å². The van der Waals surface area contributed by atoms with Gasteiger partial charge in [0.1, 0.15) is 0 Å². The summed E-state index contributed by atoms with van der Waals surface area (Å²) in [5.74, 6) is -0.0876. The zero-order chi connectivity index (χ0) is 15.7. The van der Waals surface area contributed by atoms with Gasteiger partial charge in [-0.25, -0.2) is 0 Å². The molecule has 0 saturated carbocycles. The standard InChI is InChI=1S/C15H22N4O3/c1-11(20)17-6-3-7-19-12(9-17)8-14(16-19)15(22)18-5-2-4-13(21)10-18/h8,13,21H,2-7,9-10H2,1H3. The fraction of sp³-hybridized carbons (Fsp3) is 0.667. The van der Waals surface area contributed by atoms with Crippen LogP contribution in [0.25, 0.3) is 0 Å². The predicted molar refractivity (Wildman–Crippen MR) is 79.1 cm³/mol. The highest BCUT2D eigenvalue weighted by Gasteiger charge is 2.26. The van der Waals surface area contributed by atoms with E-state index in [1.165, 1.54) is 0 Å². The molecule has 1 atom stereocenters. The van der Waals surface area contributed by atoms with Crippen LogP contribution in [0.1, 0.15) is 42.4 Å². The summed E-state index contributed by atoms with van der Waals surface area (Å²) in [5, 5.41) is 14.1. The highest BCUT2D eigenvalue weighted by molar-refractivity contribution is 5.92. The molecule has 1 saturated heterocycles. The van der Waals surface area contributed by atoms with Gasteiger partial charge >= 0.3 is 0 Å². The van der Waals surface area contributed by atoms with E-state index in [0.29, 0.717) is 25.3 Å². The Morgan fingerprint density at radius 1 is 1.23 bits per heavy atom. The van der Waals surface area contributed by atoms with Crippen LogP contribution in [0.15, 0.2) is 6.07 Å². The Morgan fingerprint density at radius 2 is 2.00 bits per heavy atom. The number of hydrogen-bond acceptors (Lipinski definition) is 4. The highest BCUT2D eigenvalue weighted by Crippen LogP contribution is 2.17. The van der Waals surface area contributed by atoms with Crippen molar-refractivity contribution in [3.05, 3.63) is 17.5 Å². The molecule has 3 heterocycles. The van der Waals surface area contributed by atoms with E-state index in [9.17, 15) is 14.7 Å². The molecule has 2 aliphatic rings. The lowest BCUT2D eigenvalue weighted by molar-refractivity contribution is -0.129. The minimum absolute atomic E-state index is 0.0432. The largest absolute Gasteiger partial charge is 0.391 e. The van der Waals surface area contributed by atoms with Crippen molar-refractivity contribution in [2.24, 2.45) is 0 Å². The Morgan fingerprint density at radius 3 is 2.73 bits per heavy atom. The average Bonchev–Trinajstić information content (AvgIpc) is 2.78. The summed E-state index contributed by atoms with van der Waals surface area (Å²) in [4.78, 5) is 27.5. The molecule has 3 rings (SSSR count). The Bertz CT molecular complexity index is 583. The summed E-state index contributed by atoms with van der Waals surface area (Å²) in [6.45, 7) is 4.54. The van der Waals surface area contributed by atoms with Crippen molar-refractivity contribution in [3.63, 3.8) is 0 Å². The van der Waals surface area contributed by atoms with Crippen LogP contribution in [-0.4, -0.2) is 62.2 Å². The van der Waals surface area contributed by atoms with Gasteiger partial charge in [-0.1, -0.05) is 0 Å². The first-order chi connectivity index (χ1) is 10.5. The van der Waals surface area contributed by atoms with E-state index >= 15 is 0 Å². The molecule has 0 radical (unpaired) electrons. The van der Waals surface area contributed by atoms with E-state index in [4.69, 9.17) is 0 Å². The van der Waals surface area contributed by atoms with Crippen molar-refractivity contribution >= 4 is 11.8 Å². The minimum atomic E-state index is -0.439. The van der Waals surface area contributed by atoms with E-state index < -0.39 is 6.10 Å². The van der Waals surface area contributed by atoms with Crippen molar-refractivity contribution in [3.8, 4) is 0 Å². The molecule has 7 heteroatoms. The Kier molecular flexibility index (Phi) is 4.15. The first kappa shape index (κ1) is 15.0. The monoisotopic (exact) mass is 306 g/mol. The Hall–Kier alpha value is -1.89. The maximum absolute atomic E-state index is 12.5. The number of aliphatic hydroxyl groups is 1. The molecule has 2 aliphatic heterocycles. The van der Waals surface area contributed by atoms with Crippen molar-refractivity contribution in [1.82, 2.24) is 19.6 Å². The topological polar surface area (TPSA) is 78.7 Å². The number of carbonyl (C=O) groups is 2. The predicted octanol–water partition coefficient (Wildman–Crippen LogP) is 0.232. The van der Waals surface area contributed by atoms with Gasteiger partial charge in [0.25, 0.3) is 5.91 Å². The number of β-amino-alcohol motifs (C(OH)–C–C–N with tert-alkyl or cyclic N) is 1. The molecule has 7 nitrogen and oxygen atoms in total. The second kappa shape index (κ2) is 6.08. The summed E-state index contributed by atoms with van der Waals surface area (Å²) in [6, 6.07) is 1.78. The van der Waals surface area contributed by atoms with Crippen molar-refractivity contribution in [1.29, 1.82) is 0 Å². The Labute approximate surface area is 129 Å². The average molecular weight is 306 g/mol. The van der Waals surface area contributed by atoms with Gasteiger partial charge in [0.2, 0.25) is 5.91 Å². The van der Waals surface area contributed by atoms with Crippen LogP contribution in [0.4, 0.5) is 0 Å². The number of fused-ring (bicyclic) bond motifs is 1. The van der Waals surface area contributed by atoms with Gasteiger partial charge in [0.15, 0.2) is 5.69 Å². The molecule has 0 spiro atoms. The van der Waals surface area contributed by atoms with E-state index in [-0.39, 0.29) is 11.8 Å². The lowest BCUT2D eigenvalue weighted by Crippen LogP contribution is -2.42.